The molecule has 1 amide bonds. The fourth-order valence-corrected chi connectivity index (χ4v) is 4.02. The van der Waals surface area contributed by atoms with E-state index in [1.165, 1.54) is 18.2 Å². The Balaban J connectivity index is 1.99. The Hall–Kier alpha value is -3.37. The second-order valence-electron chi connectivity index (χ2n) is 6.06. The number of benzene rings is 2. The second kappa shape index (κ2) is 8.56. The maximum absolute atomic E-state index is 12.9. The minimum atomic E-state index is -1.33. The van der Waals surface area contributed by atoms with E-state index in [9.17, 15) is 29.7 Å². The summed E-state index contributed by atoms with van der Waals surface area (Å²) < 4.78 is 5.47. The fraction of sp³-hybridized carbons (Fsp3) is 0.100. The van der Waals surface area contributed by atoms with E-state index in [1.807, 2.05) is 0 Å². The lowest BCUT2D eigenvalue weighted by atomic mass is 10.1. The van der Waals surface area contributed by atoms with E-state index in [2.05, 4.69) is 0 Å². The van der Waals surface area contributed by atoms with E-state index in [0.717, 1.165) is 22.7 Å². The number of phenols is 1. The maximum atomic E-state index is 12.9. The van der Waals surface area contributed by atoms with Crippen molar-refractivity contribution in [3.8, 4) is 11.5 Å². The number of thiocarbonyl (C=S) groups is 1. The standard InChI is InChI=1S/C20H15NO7S2/c1-2-28-15-5-10(3-4-14(15)22)6-16-17(23)21(20(29)30-16)13-8-11(18(24)25)7-12(9-13)19(26)27/h3-9,22H,2H2,1H3,(H,24,25)(H,26,27)/b16-6-. The summed E-state index contributed by atoms with van der Waals surface area (Å²) in [4.78, 5) is 37.0. The molecule has 154 valence electrons. The Kier molecular flexibility index (Phi) is 6.09. The van der Waals surface area contributed by atoms with Crippen LogP contribution in [0.5, 0.6) is 11.5 Å². The normalized spacial score (nSPS) is 15.0. The molecule has 0 aliphatic carbocycles. The highest BCUT2D eigenvalue weighted by molar-refractivity contribution is 8.27. The van der Waals surface area contributed by atoms with Crippen molar-refractivity contribution in [1.82, 2.24) is 0 Å². The Morgan fingerprint density at radius 2 is 1.77 bits per heavy atom. The summed E-state index contributed by atoms with van der Waals surface area (Å²) in [7, 11) is 0. The molecule has 2 aromatic carbocycles. The molecule has 3 N–H and O–H groups in total. The van der Waals surface area contributed by atoms with Gasteiger partial charge in [-0.3, -0.25) is 9.69 Å². The number of anilines is 1. The van der Waals surface area contributed by atoms with Gasteiger partial charge in [0.05, 0.1) is 28.3 Å². The molecule has 0 atom stereocenters. The van der Waals surface area contributed by atoms with E-state index in [1.54, 1.807) is 25.1 Å². The Bertz CT molecular complexity index is 1080. The largest absolute Gasteiger partial charge is 0.504 e. The molecule has 1 heterocycles. The van der Waals surface area contributed by atoms with Gasteiger partial charge in [-0.1, -0.05) is 30.0 Å². The third kappa shape index (κ3) is 4.29. The Labute approximate surface area is 180 Å². The van der Waals surface area contributed by atoms with Crippen molar-refractivity contribution in [2.45, 2.75) is 6.92 Å². The van der Waals surface area contributed by atoms with Crippen molar-refractivity contribution < 1.29 is 34.4 Å². The summed E-state index contributed by atoms with van der Waals surface area (Å²) in [6, 6.07) is 7.99. The summed E-state index contributed by atoms with van der Waals surface area (Å²) in [5, 5.41) is 28.3. The first-order chi connectivity index (χ1) is 14.2. The number of amides is 1. The number of hydrogen-bond donors (Lipinski definition) is 3. The van der Waals surface area contributed by atoms with Crippen molar-refractivity contribution in [3.05, 3.63) is 58.0 Å². The van der Waals surface area contributed by atoms with Gasteiger partial charge in [0, 0.05) is 0 Å². The van der Waals surface area contributed by atoms with Gasteiger partial charge in [0.25, 0.3) is 5.91 Å². The number of hydrogen-bond acceptors (Lipinski definition) is 7. The van der Waals surface area contributed by atoms with E-state index in [4.69, 9.17) is 17.0 Å². The van der Waals surface area contributed by atoms with Gasteiger partial charge in [-0.2, -0.15) is 0 Å². The number of carbonyl (C=O) groups excluding carboxylic acids is 1. The molecule has 1 fully saturated rings. The van der Waals surface area contributed by atoms with Crippen LogP contribution in [-0.2, 0) is 4.79 Å². The zero-order valence-electron chi connectivity index (χ0n) is 15.5. The molecule has 30 heavy (non-hydrogen) atoms. The van der Waals surface area contributed by atoms with Gasteiger partial charge < -0.3 is 20.1 Å². The van der Waals surface area contributed by atoms with Crippen molar-refractivity contribution in [2.75, 3.05) is 11.5 Å². The topological polar surface area (TPSA) is 124 Å². The van der Waals surface area contributed by atoms with Crippen molar-refractivity contribution >= 4 is 57.9 Å². The second-order valence-corrected chi connectivity index (χ2v) is 7.73. The number of carboxylic acid groups (broad SMARTS) is 2. The number of carbonyl (C=O) groups is 3. The number of nitrogens with zero attached hydrogens (tertiary/aromatic N) is 1. The lowest BCUT2D eigenvalue weighted by Crippen LogP contribution is -2.28. The molecule has 10 heteroatoms. The molecule has 0 bridgehead atoms. The van der Waals surface area contributed by atoms with Gasteiger partial charge in [-0.05, 0) is 48.9 Å². The highest BCUT2D eigenvalue weighted by atomic mass is 32.2. The van der Waals surface area contributed by atoms with Crippen LogP contribution in [0.25, 0.3) is 6.08 Å². The molecule has 0 aromatic heterocycles. The number of aromatic carboxylic acids is 2. The monoisotopic (exact) mass is 445 g/mol. The van der Waals surface area contributed by atoms with Gasteiger partial charge in [-0.25, -0.2) is 9.59 Å². The zero-order valence-corrected chi connectivity index (χ0v) is 17.1. The molecule has 0 spiro atoms. The average Bonchev–Trinajstić information content (AvgIpc) is 2.97. The van der Waals surface area contributed by atoms with Gasteiger partial charge in [-0.15, -0.1) is 0 Å². The summed E-state index contributed by atoms with van der Waals surface area (Å²) >= 11 is 6.26. The predicted molar refractivity (Wildman–Crippen MR) is 115 cm³/mol. The number of ether oxygens (including phenoxy) is 1. The molecule has 0 saturated carbocycles. The molecular weight excluding hydrogens is 430 g/mol. The first-order valence-corrected chi connectivity index (χ1v) is 9.79. The van der Waals surface area contributed by atoms with E-state index < -0.39 is 17.8 Å². The molecule has 0 unspecified atom stereocenters. The van der Waals surface area contributed by atoms with Gasteiger partial charge in [0.15, 0.2) is 15.8 Å². The van der Waals surface area contributed by atoms with Crippen LogP contribution < -0.4 is 9.64 Å². The van der Waals surface area contributed by atoms with Gasteiger partial charge in [0.2, 0.25) is 0 Å². The van der Waals surface area contributed by atoms with Crippen LogP contribution in [0.1, 0.15) is 33.2 Å². The third-order valence-corrected chi connectivity index (χ3v) is 5.35. The zero-order chi connectivity index (χ0) is 22.0. The molecule has 1 aliphatic heterocycles. The maximum Gasteiger partial charge on any atom is 0.335 e. The average molecular weight is 445 g/mol. The highest BCUT2D eigenvalue weighted by Crippen LogP contribution is 2.37. The first-order valence-electron chi connectivity index (χ1n) is 8.56. The summed E-state index contributed by atoms with van der Waals surface area (Å²) in [5.41, 5.74) is 0.0896. The number of aromatic hydroxyl groups is 1. The van der Waals surface area contributed by atoms with E-state index in [-0.39, 0.29) is 37.5 Å². The minimum Gasteiger partial charge on any atom is -0.504 e. The molecule has 8 nitrogen and oxygen atoms in total. The van der Waals surface area contributed by atoms with Crippen LogP contribution in [0.4, 0.5) is 5.69 Å². The van der Waals surface area contributed by atoms with Crippen molar-refractivity contribution in [3.63, 3.8) is 0 Å². The van der Waals surface area contributed by atoms with Gasteiger partial charge in [0.1, 0.15) is 0 Å². The molecule has 1 aliphatic rings. The first kappa shape index (κ1) is 21.3. The van der Waals surface area contributed by atoms with Crippen LogP contribution in [0.3, 0.4) is 0 Å². The summed E-state index contributed by atoms with van der Waals surface area (Å²) in [5.74, 6) is -2.94. The Morgan fingerprint density at radius 1 is 1.13 bits per heavy atom. The molecule has 2 aromatic rings. The molecular formula is C20H15NO7S2. The highest BCUT2D eigenvalue weighted by Gasteiger charge is 2.34. The quantitative estimate of drug-likeness (QED) is 0.452. The van der Waals surface area contributed by atoms with Crippen LogP contribution in [0.15, 0.2) is 41.3 Å². The lowest BCUT2D eigenvalue weighted by molar-refractivity contribution is -0.113. The number of thioether (sulfide) groups is 1. The van der Waals surface area contributed by atoms with Gasteiger partial charge >= 0.3 is 11.9 Å². The van der Waals surface area contributed by atoms with Crippen LogP contribution in [-0.4, -0.2) is 44.1 Å². The predicted octanol–water partition coefficient (Wildman–Crippen LogP) is 3.59. The smallest absolute Gasteiger partial charge is 0.335 e. The summed E-state index contributed by atoms with van der Waals surface area (Å²) in [6.45, 7) is 2.12. The third-order valence-electron chi connectivity index (χ3n) is 4.05. The van der Waals surface area contributed by atoms with E-state index in [0.29, 0.717) is 12.2 Å². The van der Waals surface area contributed by atoms with Crippen LogP contribution >= 0.6 is 24.0 Å². The molecule has 3 rings (SSSR count). The van der Waals surface area contributed by atoms with Crippen molar-refractivity contribution in [2.24, 2.45) is 0 Å². The van der Waals surface area contributed by atoms with Crippen molar-refractivity contribution in [1.29, 1.82) is 0 Å². The molecule has 0 radical (unpaired) electrons. The summed E-state index contributed by atoms with van der Waals surface area (Å²) in [6.07, 6.45) is 1.56. The fourth-order valence-electron chi connectivity index (χ4n) is 2.72. The number of rotatable bonds is 6. The number of phenolic OH excluding ortho intramolecular Hbond substituents is 1. The van der Waals surface area contributed by atoms with E-state index >= 15 is 0 Å². The molecule has 1 saturated heterocycles. The SMILES string of the molecule is CCOc1cc(/C=C2\SC(=S)N(c3cc(C(=O)O)cc(C(=O)O)c3)C2=O)ccc1O. The number of carboxylic acids is 2. The minimum absolute atomic E-state index is 0.0340. The van der Waals surface area contributed by atoms with Crippen LogP contribution in [0.2, 0.25) is 0 Å². The lowest BCUT2D eigenvalue weighted by Gasteiger charge is -2.16. The Morgan fingerprint density at radius 3 is 2.33 bits per heavy atom. The van der Waals surface area contributed by atoms with Crippen LogP contribution in [0, 0.1) is 0 Å².